The number of aliphatic hydroxyl groups is 1. The Morgan fingerprint density at radius 1 is 1.80 bits per heavy atom. The molecule has 2 rings (SSSR count). The molecular weight excluding hydrogens is 196 g/mol. The molecule has 0 aromatic carbocycles. The van der Waals surface area contributed by atoms with Crippen LogP contribution in [0.4, 0.5) is 5.82 Å². The highest BCUT2D eigenvalue weighted by molar-refractivity contribution is 5.93. The first-order chi connectivity index (χ1) is 6.98. The van der Waals surface area contributed by atoms with E-state index in [1.165, 1.54) is 6.07 Å². The van der Waals surface area contributed by atoms with Crippen molar-refractivity contribution in [2.75, 3.05) is 18.8 Å². The number of hydrogen-bond donors (Lipinski definition) is 3. The first-order valence-electron chi connectivity index (χ1n) is 4.80. The van der Waals surface area contributed by atoms with Gasteiger partial charge >= 0.3 is 0 Å². The van der Waals surface area contributed by atoms with Crippen LogP contribution in [0.2, 0.25) is 0 Å². The number of carbonyl (C=O) groups excluding carboxylic acids is 1. The minimum atomic E-state index is -0.777. The quantitative estimate of drug-likeness (QED) is 0.587. The van der Waals surface area contributed by atoms with E-state index in [2.05, 4.69) is 10.2 Å². The van der Waals surface area contributed by atoms with Gasteiger partial charge in [-0.05, 0) is 13.3 Å². The Labute approximate surface area is 87.1 Å². The molecule has 1 aromatic heterocycles. The number of likely N-dealkylation sites (tertiary alicyclic amines) is 1. The minimum Gasteiger partial charge on any atom is -0.388 e. The van der Waals surface area contributed by atoms with Gasteiger partial charge in [0.1, 0.15) is 11.5 Å². The number of carbonyl (C=O) groups is 1. The predicted octanol–water partition coefficient (Wildman–Crippen LogP) is -0.411. The van der Waals surface area contributed by atoms with Crippen LogP contribution < -0.4 is 5.73 Å². The van der Waals surface area contributed by atoms with E-state index in [9.17, 15) is 9.90 Å². The highest BCUT2D eigenvalue weighted by Gasteiger charge is 2.34. The van der Waals surface area contributed by atoms with Gasteiger partial charge in [-0.2, -0.15) is 5.10 Å². The number of nitrogens with zero attached hydrogens (tertiary/aromatic N) is 2. The maximum absolute atomic E-state index is 11.8. The standard InChI is InChI=1S/C9H14N4O2/c1-9(15)2-3-13(5-9)8(14)6-4-7(10)12-11-6/h4,15H,2-3,5H2,1H3,(H3,10,11,12). The van der Waals surface area contributed by atoms with E-state index in [-0.39, 0.29) is 5.91 Å². The van der Waals surface area contributed by atoms with Gasteiger partial charge in [0.05, 0.1) is 5.60 Å². The van der Waals surface area contributed by atoms with Gasteiger partial charge in [-0.15, -0.1) is 0 Å². The van der Waals surface area contributed by atoms with E-state index >= 15 is 0 Å². The smallest absolute Gasteiger partial charge is 0.272 e. The lowest BCUT2D eigenvalue weighted by Crippen LogP contribution is -2.34. The van der Waals surface area contributed by atoms with Gasteiger partial charge in [0, 0.05) is 19.2 Å². The van der Waals surface area contributed by atoms with E-state index in [0.717, 1.165) is 0 Å². The summed E-state index contributed by atoms with van der Waals surface area (Å²) in [5.74, 6) is 0.126. The molecule has 6 nitrogen and oxygen atoms in total. The molecule has 0 radical (unpaired) electrons. The molecule has 82 valence electrons. The van der Waals surface area contributed by atoms with Gasteiger partial charge in [0.25, 0.3) is 5.91 Å². The van der Waals surface area contributed by atoms with Crippen LogP contribution in [0.3, 0.4) is 0 Å². The molecule has 1 unspecified atom stereocenters. The summed E-state index contributed by atoms with van der Waals surface area (Å²) in [4.78, 5) is 13.4. The summed E-state index contributed by atoms with van der Waals surface area (Å²) in [5, 5.41) is 16.0. The Balaban J connectivity index is 2.10. The van der Waals surface area contributed by atoms with Crippen LogP contribution in [0.15, 0.2) is 6.07 Å². The maximum atomic E-state index is 11.8. The van der Waals surface area contributed by atoms with Crippen LogP contribution >= 0.6 is 0 Å². The van der Waals surface area contributed by atoms with Crippen molar-refractivity contribution in [1.82, 2.24) is 15.1 Å². The summed E-state index contributed by atoms with van der Waals surface area (Å²) >= 11 is 0. The molecule has 2 heterocycles. The molecule has 15 heavy (non-hydrogen) atoms. The number of amides is 1. The van der Waals surface area contributed by atoms with Crippen molar-refractivity contribution < 1.29 is 9.90 Å². The summed E-state index contributed by atoms with van der Waals surface area (Å²) in [5.41, 5.74) is 5.00. The molecule has 1 saturated heterocycles. The molecule has 4 N–H and O–H groups in total. The average Bonchev–Trinajstić information content (AvgIpc) is 2.71. The number of hydrogen-bond acceptors (Lipinski definition) is 4. The predicted molar refractivity (Wildman–Crippen MR) is 54.1 cm³/mol. The van der Waals surface area contributed by atoms with Gasteiger partial charge in [-0.3, -0.25) is 9.89 Å². The van der Waals surface area contributed by atoms with Crippen molar-refractivity contribution in [1.29, 1.82) is 0 Å². The van der Waals surface area contributed by atoms with E-state index in [1.54, 1.807) is 11.8 Å². The summed E-state index contributed by atoms with van der Waals surface area (Å²) in [6.45, 7) is 2.64. The highest BCUT2D eigenvalue weighted by atomic mass is 16.3. The van der Waals surface area contributed by atoms with Gasteiger partial charge in [0.15, 0.2) is 0 Å². The Morgan fingerprint density at radius 2 is 2.53 bits per heavy atom. The van der Waals surface area contributed by atoms with Crippen LogP contribution in [0.1, 0.15) is 23.8 Å². The number of nitrogen functional groups attached to an aromatic ring is 1. The van der Waals surface area contributed by atoms with Crippen LogP contribution in [-0.4, -0.2) is 44.8 Å². The number of H-pyrrole nitrogens is 1. The Bertz CT molecular complexity index is 385. The second-order valence-electron chi connectivity index (χ2n) is 4.18. The Hall–Kier alpha value is -1.56. The average molecular weight is 210 g/mol. The van der Waals surface area contributed by atoms with Crippen LogP contribution in [0, 0.1) is 0 Å². The molecule has 1 aliphatic heterocycles. The SMILES string of the molecule is CC1(O)CCN(C(=O)c2cc(N)n[nH]2)C1. The lowest BCUT2D eigenvalue weighted by Gasteiger charge is -2.18. The summed E-state index contributed by atoms with van der Waals surface area (Å²) in [6, 6.07) is 1.50. The fourth-order valence-electron chi connectivity index (χ4n) is 1.74. The Kier molecular flexibility index (Phi) is 2.15. The third kappa shape index (κ3) is 1.94. The lowest BCUT2D eigenvalue weighted by atomic mass is 10.1. The largest absolute Gasteiger partial charge is 0.388 e. The highest BCUT2D eigenvalue weighted by Crippen LogP contribution is 2.21. The van der Waals surface area contributed by atoms with Gasteiger partial charge < -0.3 is 15.7 Å². The van der Waals surface area contributed by atoms with E-state index in [1.807, 2.05) is 0 Å². The van der Waals surface area contributed by atoms with Crippen LogP contribution in [0.25, 0.3) is 0 Å². The second kappa shape index (κ2) is 3.23. The molecule has 0 saturated carbocycles. The van der Waals surface area contributed by atoms with Crippen LogP contribution in [-0.2, 0) is 0 Å². The number of aromatic nitrogens is 2. The third-order valence-corrected chi connectivity index (χ3v) is 2.57. The molecular formula is C9H14N4O2. The van der Waals surface area contributed by atoms with E-state index in [0.29, 0.717) is 31.0 Å². The summed E-state index contributed by atoms with van der Waals surface area (Å²) in [7, 11) is 0. The van der Waals surface area contributed by atoms with E-state index < -0.39 is 5.60 Å². The first-order valence-corrected chi connectivity index (χ1v) is 4.80. The van der Waals surface area contributed by atoms with Crippen molar-refractivity contribution >= 4 is 11.7 Å². The third-order valence-electron chi connectivity index (χ3n) is 2.57. The number of rotatable bonds is 1. The number of nitrogens with two attached hydrogens (primary N) is 1. The number of anilines is 1. The first kappa shape index (κ1) is 9.97. The normalized spacial score (nSPS) is 25.9. The summed E-state index contributed by atoms with van der Waals surface area (Å²) in [6.07, 6.45) is 0.600. The van der Waals surface area contributed by atoms with Crippen molar-refractivity contribution in [2.45, 2.75) is 18.9 Å². The monoisotopic (exact) mass is 210 g/mol. The maximum Gasteiger partial charge on any atom is 0.272 e. The fourth-order valence-corrected chi connectivity index (χ4v) is 1.74. The number of β-amino-alcohol motifs (C(OH)–C–C–N with tert-alkyl or cyclic N) is 1. The second-order valence-corrected chi connectivity index (χ2v) is 4.18. The van der Waals surface area contributed by atoms with Gasteiger partial charge in [-0.1, -0.05) is 0 Å². The Morgan fingerprint density at radius 3 is 3.00 bits per heavy atom. The van der Waals surface area contributed by atoms with Crippen molar-refractivity contribution in [3.8, 4) is 0 Å². The van der Waals surface area contributed by atoms with Crippen molar-refractivity contribution in [3.63, 3.8) is 0 Å². The zero-order valence-electron chi connectivity index (χ0n) is 8.53. The molecule has 0 spiro atoms. The van der Waals surface area contributed by atoms with Crippen LogP contribution in [0.5, 0.6) is 0 Å². The molecule has 1 aromatic rings. The topological polar surface area (TPSA) is 95.2 Å². The fraction of sp³-hybridized carbons (Fsp3) is 0.556. The number of nitrogens with one attached hydrogen (secondary N) is 1. The number of aromatic amines is 1. The van der Waals surface area contributed by atoms with Crippen molar-refractivity contribution in [2.24, 2.45) is 0 Å². The molecule has 1 fully saturated rings. The van der Waals surface area contributed by atoms with Crippen molar-refractivity contribution in [3.05, 3.63) is 11.8 Å². The van der Waals surface area contributed by atoms with Gasteiger partial charge in [0.2, 0.25) is 0 Å². The zero-order chi connectivity index (χ0) is 11.1. The molecule has 1 atom stereocenters. The minimum absolute atomic E-state index is 0.169. The molecule has 1 amide bonds. The summed E-state index contributed by atoms with van der Waals surface area (Å²) < 4.78 is 0. The molecule has 0 aliphatic carbocycles. The lowest BCUT2D eigenvalue weighted by molar-refractivity contribution is 0.0569. The molecule has 1 aliphatic rings. The molecule has 6 heteroatoms. The zero-order valence-corrected chi connectivity index (χ0v) is 8.53. The van der Waals surface area contributed by atoms with E-state index in [4.69, 9.17) is 5.73 Å². The van der Waals surface area contributed by atoms with Gasteiger partial charge in [-0.25, -0.2) is 0 Å². The molecule has 0 bridgehead atoms.